The Kier molecular flexibility index (Phi) is 2.80. The van der Waals surface area contributed by atoms with Gasteiger partial charge in [-0.2, -0.15) is 13.2 Å². The maximum absolute atomic E-state index is 13.3. The van der Waals surface area contributed by atoms with Crippen molar-refractivity contribution >= 4 is 16.7 Å². The van der Waals surface area contributed by atoms with E-state index in [4.69, 9.17) is 0 Å². The van der Waals surface area contributed by atoms with Crippen LogP contribution in [-0.4, -0.2) is 10.8 Å². The summed E-state index contributed by atoms with van der Waals surface area (Å²) in [4.78, 5) is 14.8. The van der Waals surface area contributed by atoms with Crippen molar-refractivity contribution in [3.63, 3.8) is 0 Å². The van der Waals surface area contributed by atoms with Crippen LogP contribution in [0.25, 0.3) is 10.9 Å². The average molecular weight is 257 g/mol. The first-order valence-corrected chi connectivity index (χ1v) is 4.96. The summed E-state index contributed by atoms with van der Waals surface area (Å²) in [5.41, 5.74) is -1.14. The predicted octanol–water partition coefficient (Wildman–Crippen LogP) is 3.60. The van der Waals surface area contributed by atoms with Gasteiger partial charge in [-0.3, -0.25) is 9.78 Å². The number of carbonyl (C=O) groups excluding carboxylic acids is 1. The van der Waals surface area contributed by atoms with E-state index < -0.39 is 17.6 Å². The summed E-state index contributed by atoms with van der Waals surface area (Å²) in [6.07, 6.45) is -3.60. The molecule has 0 aliphatic heterocycles. The molecule has 0 radical (unpaired) electrons. The van der Waals surface area contributed by atoms with Crippen LogP contribution < -0.4 is 0 Å². The molecule has 6 heteroatoms. The first-order valence-electron chi connectivity index (χ1n) is 4.96. The third-order valence-electron chi connectivity index (χ3n) is 2.48. The van der Waals surface area contributed by atoms with Crippen molar-refractivity contribution in [1.29, 1.82) is 0 Å². The Hall–Kier alpha value is -1.98. The zero-order valence-electron chi connectivity index (χ0n) is 9.18. The number of rotatable bonds is 1. The van der Waals surface area contributed by atoms with Crippen molar-refractivity contribution in [3.8, 4) is 0 Å². The van der Waals surface area contributed by atoms with Crippen LogP contribution in [-0.2, 0) is 6.18 Å². The van der Waals surface area contributed by atoms with E-state index in [1.54, 1.807) is 0 Å². The molecule has 1 heterocycles. The van der Waals surface area contributed by atoms with Crippen molar-refractivity contribution in [1.82, 2.24) is 4.98 Å². The highest BCUT2D eigenvalue weighted by molar-refractivity contribution is 5.97. The van der Waals surface area contributed by atoms with Crippen LogP contribution in [0.15, 0.2) is 24.4 Å². The van der Waals surface area contributed by atoms with Crippen LogP contribution in [0.1, 0.15) is 22.8 Å². The zero-order chi connectivity index (χ0) is 13.5. The molecule has 94 valence electrons. The van der Waals surface area contributed by atoms with Gasteiger partial charge < -0.3 is 0 Å². The Morgan fingerprint density at radius 2 is 1.89 bits per heavy atom. The van der Waals surface area contributed by atoms with Gasteiger partial charge in [0.2, 0.25) is 0 Å². The average Bonchev–Trinajstić information content (AvgIpc) is 2.25. The van der Waals surface area contributed by atoms with Gasteiger partial charge in [-0.15, -0.1) is 0 Å². The minimum absolute atomic E-state index is 0.00581. The van der Waals surface area contributed by atoms with Crippen molar-refractivity contribution in [3.05, 3.63) is 41.3 Å². The van der Waals surface area contributed by atoms with Gasteiger partial charge >= 0.3 is 6.18 Å². The molecular weight excluding hydrogens is 250 g/mol. The molecule has 0 atom stereocenters. The van der Waals surface area contributed by atoms with Gasteiger partial charge in [0, 0.05) is 17.1 Å². The van der Waals surface area contributed by atoms with Gasteiger partial charge in [0.25, 0.3) is 0 Å². The highest BCUT2D eigenvalue weighted by Gasteiger charge is 2.34. The number of halogens is 4. The second-order valence-electron chi connectivity index (χ2n) is 3.80. The molecule has 0 amide bonds. The van der Waals surface area contributed by atoms with E-state index in [-0.39, 0.29) is 22.2 Å². The fraction of sp³-hybridized carbons (Fsp3) is 0.167. The number of nitrogens with zero attached hydrogens (tertiary/aromatic N) is 1. The third kappa shape index (κ3) is 2.18. The quantitative estimate of drug-likeness (QED) is 0.577. The molecule has 2 nitrogen and oxygen atoms in total. The molecule has 2 rings (SSSR count). The van der Waals surface area contributed by atoms with E-state index in [1.165, 1.54) is 19.2 Å². The molecule has 0 saturated heterocycles. The maximum atomic E-state index is 13.3. The molecule has 0 N–H and O–H groups in total. The molecule has 0 fully saturated rings. The van der Waals surface area contributed by atoms with Gasteiger partial charge in [-0.25, -0.2) is 4.39 Å². The molecular formula is C12H7F4NO. The van der Waals surface area contributed by atoms with Gasteiger partial charge in [0.15, 0.2) is 5.78 Å². The summed E-state index contributed by atoms with van der Waals surface area (Å²) in [5, 5.41) is 0.160. The topological polar surface area (TPSA) is 30.0 Å². The van der Waals surface area contributed by atoms with Gasteiger partial charge in [0.05, 0.1) is 11.1 Å². The van der Waals surface area contributed by atoms with E-state index in [9.17, 15) is 22.4 Å². The first kappa shape index (κ1) is 12.5. The molecule has 18 heavy (non-hydrogen) atoms. The van der Waals surface area contributed by atoms with Crippen LogP contribution in [0.3, 0.4) is 0 Å². The molecule has 0 aliphatic carbocycles. The van der Waals surface area contributed by atoms with Crippen molar-refractivity contribution in [2.75, 3.05) is 0 Å². The predicted molar refractivity (Wildman–Crippen MR) is 56.7 cm³/mol. The fourth-order valence-corrected chi connectivity index (χ4v) is 1.56. The normalized spacial score (nSPS) is 11.8. The smallest absolute Gasteiger partial charge is 0.294 e. The number of Topliss-reactive ketones (excluding diaryl/α,β-unsaturated/α-hetero) is 1. The van der Waals surface area contributed by atoms with Crippen molar-refractivity contribution in [2.24, 2.45) is 0 Å². The summed E-state index contributed by atoms with van der Waals surface area (Å²) in [5.74, 6) is -1.66. The van der Waals surface area contributed by atoms with E-state index in [0.29, 0.717) is 6.07 Å². The SMILES string of the molecule is CC(=O)c1cnc2cc(C(F)(F)F)c(F)cc2c1. The standard InChI is InChI=1S/C12H7F4NO/c1-6(18)8-2-7-3-10(13)9(12(14,15)16)4-11(7)17-5-8/h2-5H,1H3. The summed E-state index contributed by atoms with van der Waals surface area (Å²) < 4.78 is 50.7. The van der Waals surface area contributed by atoms with Crippen LogP contribution >= 0.6 is 0 Å². The molecule has 0 unspecified atom stereocenters. The lowest BCUT2D eigenvalue weighted by Crippen LogP contribution is -2.08. The minimum Gasteiger partial charge on any atom is -0.294 e. The van der Waals surface area contributed by atoms with Crippen LogP contribution in [0.4, 0.5) is 17.6 Å². The molecule has 0 bridgehead atoms. The summed E-state index contributed by atoms with van der Waals surface area (Å²) in [6.45, 7) is 1.29. The van der Waals surface area contributed by atoms with E-state index in [2.05, 4.69) is 4.98 Å². The number of alkyl halides is 3. The molecule has 0 aliphatic rings. The highest BCUT2D eigenvalue weighted by Crippen LogP contribution is 2.33. The Morgan fingerprint density at radius 1 is 1.22 bits per heavy atom. The Balaban J connectivity index is 2.68. The number of hydrogen-bond donors (Lipinski definition) is 0. The summed E-state index contributed by atoms with van der Waals surface area (Å²) in [6, 6.07) is 2.68. The summed E-state index contributed by atoms with van der Waals surface area (Å²) in [7, 11) is 0. The number of pyridine rings is 1. The Labute approximate surface area is 99.3 Å². The summed E-state index contributed by atoms with van der Waals surface area (Å²) >= 11 is 0. The monoisotopic (exact) mass is 257 g/mol. The number of hydrogen-bond acceptors (Lipinski definition) is 2. The zero-order valence-corrected chi connectivity index (χ0v) is 9.18. The number of fused-ring (bicyclic) bond motifs is 1. The largest absolute Gasteiger partial charge is 0.419 e. The molecule has 1 aromatic carbocycles. The van der Waals surface area contributed by atoms with E-state index in [1.807, 2.05) is 0 Å². The second-order valence-corrected chi connectivity index (χ2v) is 3.80. The molecule has 0 spiro atoms. The molecule has 1 aromatic heterocycles. The number of benzene rings is 1. The van der Waals surface area contributed by atoms with Crippen molar-refractivity contribution < 1.29 is 22.4 Å². The number of carbonyl (C=O) groups is 1. The van der Waals surface area contributed by atoms with Crippen LogP contribution in [0.2, 0.25) is 0 Å². The van der Waals surface area contributed by atoms with E-state index >= 15 is 0 Å². The maximum Gasteiger partial charge on any atom is 0.419 e. The Morgan fingerprint density at radius 3 is 2.44 bits per heavy atom. The Bertz CT molecular complexity index is 634. The molecule has 0 saturated carbocycles. The van der Waals surface area contributed by atoms with Crippen LogP contribution in [0.5, 0.6) is 0 Å². The first-order chi connectivity index (χ1) is 8.29. The minimum atomic E-state index is -4.76. The van der Waals surface area contributed by atoms with Gasteiger partial charge in [0.1, 0.15) is 5.82 Å². The second kappa shape index (κ2) is 4.04. The van der Waals surface area contributed by atoms with Crippen LogP contribution in [0, 0.1) is 5.82 Å². The van der Waals surface area contributed by atoms with Crippen molar-refractivity contribution in [2.45, 2.75) is 13.1 Å². The fourth-order valence-electron chi connectivity index (χ4n) is 1.56. The van der Waals surface area contributed by atoms with Gasteiger partial charge in [-0.05, 0) is 25.1 Å². The lowest BCUT2D eigenvalue weighted by molar-refractivity contribution is -0.139. The number of aromatic nitrogens is 1. The molecule has 2 aromatic rings. The lowest BCUT2D eigenvalue weighted by Gasteiger charge is -2.09. The highest BCUT2D eigenvalue weighted by atomic mass is 19.4. The third-order valence-corrected chi connectivity index (χ3v) is 2.48. The lowest BCUT2D eigenvalue weighted by atomic mass is 10.1. The van der Waals surface area contributed by atoms with Gasteiger partial charge in [-0.1, -0.05) is 0 Å². The number of ketones is 1. The van der Waals surface area contributed by atoms with E-state index in [0.717, 1.165) is 6.07 Å².